The third-order valence-corrected chi connectivity index (χ3v) is 14.0. The summed E-state index contributed by atoms with van der Waals surface area (Å²) in [6, 6.07) is 9.23. The first-order chi connectivity index (χ1) is 26.0. The van der Waals surface area contributed by atoms with Crippen LogP contribution >= 0.6 is 22.9 Å². The Morgan fingerprint density at radius 2 is 1.89 bits per heavy atom. The van der Waals surface area contributed by atoms with Crippen LogP contribution in [0.3, 0.4) is 0 Å². The van der Waals surface area contributed by atoms with Gasteiger partial charge in [0, 0.05) is 64.8 Å². The Morgan fingerprint density at radius 3 is 2.57 bits per heavy atom. The second-order valence-corrected chi connectivity index (χ2v) is 17.3. The second-order valence-electron chi connectivity index (χ2n) is 14.0. The number of hydrogen-bond acceptors (Lipinski definition) is 11. The number of hydrogen-bond donors (Lipinski definition) is 2. The van der Waals surface area contributed by atoms with Gasteiger partial charge in [0.2, 0.25) is 10.0 Å². The van der Waals surface area contributed by atoms with Gasteiger partial charge in [-0.05, 0) is 67.9 Å². The van der Waals surface area contributed by atoms with E-state index in [-0.39, 0.29) is 48.4 Å². The summed E-state index contributed by atoms with van der Waals surface area (Å²) in [5.74, 6) is -0.265. The number of nitrogens with zero attached hydrogens (tertiary/aromatic N) is 9. The molecule has 19 heteroatoms. The van der Waals surface area contributed by atoms with Gasteiger partial charge in [0.15, 0.2) is 16.7 Å². The molecule has 2 aliphatic heterocycles. The topological polar surface area (TPSA) is 156 Å². The first-order valence-corrected chi connectivity index (χ1v) is 20.1. The molecule has 0 radical (unpaired) electrons. The molecule has 2 aliphatic carbocycles. The van der Waals surface area contributed by atoms with Crippen LogP contribution in [0.5, 0.6) is 0 Å². The largest absolute Gasteiger partial charge is 0.383 e. The standard InChI is InChI=1S/C35H32ClF3N10O3S2/c36-25-15-21(37)6-7-24(25)31-30(26-8-11-48(44-26)34(38)39)27-16-22(17-47(27)32(42-31)33-41-10-12-53-33)45-54(51,52)23-13-19-4-5-20(14-23)35(19,50)28-18-49(46-43-28)29-3-1-2-9-40-29/h1-3,6-12,15,18-20,22-23,31,34,45,50H,4-5,13-14,16-17H2/t19?,20?,22-,23-,31-,35-/m0/s1. The molecule has 54 heavy (non-hydrogen) atoms. The molecule has 13 nitrogen and oxygen atoms in total. The van der Waals surface area contributed by atoms with Gasteiger partial charge in [-0.15, -0.1) is 16.4 Å². The predicted octanol–water partition coefficient (Wildman–Crippen LogP) is 5.49. The summed E-state index contributed by atoms with van der Waals surface area (Å²) >= 11 is 7.92. The molecular formula is C35H32ClF3N10O3S2. The van der Waals surface area contributed by atoms with E-state index in [9.17, 15) is 26.7 Å². The van der Waals surface area contributed by atoms with Gasteiger partial charge >= 0.3 is 6.55 Å². The molecule has 2 saturated carbocycles. The molecule has 6 heterocycles. The zero-order valence-corrected chi connectivity index (χ0v) is 30.6. The van der Waals surface area contributed by atoms with Gasteiger partial charge in [-0.25, -0.2) is 36.9 Å². The Labute approximate surface area is 316 Å². The first-order valence-electron chi connectivity index (χ1n) is 17.3. The van der Waals surface area contributed by atoms with E-state index >= 15 is 0 Å². The maximum Gasteiger partial charge on any atom is 0.333 e. The van der Waals surface area contributed by atoms with Gasteiger partial charge in [0.05, 0.1) is 17.1 Å². The van der Waals surface area contributed by atoms with E-state index in [1.54, 1.807) is 36.1 Å². The summed E-state index contributed by atoms with van der Waals surface area (Å²) in [7, 11) is -3.94. The number of aromatic nitrogens is 7. The zero-order valence-electron chi connectivity index (χ0n) is 28.3. The highest BCUT2D eigenvalue weighted by Gasteiger charge is 2.58. The number of benzene rings is 1. The van der Waals surface area contributed by atoms with Crippen LogP contribution in [-0.2, 0) is 15.6 Å². The number of rotatable bonds is 9. The molecule has 4 aromatic heterocycles. The van der Waals surface area contributed by atoms with Crippen molar-refractivity contribution in [1.82, 2.24) is 44.4 Å². The van der Waals surface area contributed by atoms with Crippen LogP contribution in [0.15, 0.2) is 83.3 Å². The van der Waals surface area contributed by atoms with E-state index in [4.69, 9.17) is 16.6 Å². The lowest BCUT2D eigenvalue weighted by Gasteiger charge is -2.41. The summed E-state index contributed by atoms with van der Waals surface area (Å²) < 4.78 is 75.2. The van der Waals surface area contributed by atoms with E-state index in [2.05, 4.69) is 30.1 Å². The van der Waals surface area contributed by atoms with E-state index in [1.165, 1.54) is 34.2 Å². The molecule has 2 bridgehead atoms. The van der Waals surface area contributed by atoms with Crippen LogP contribution < -0.4 is 4.72 Å². The Balaban J connectivity index is 1.02. The molecule has 2 N–H and O–H groups in total. The number of nitrogens with one attached hydrogen (secondary N) is 1. The predicted molar refractivity (Wildman–Crippen MR) is 193 cm³/mol. The maximum atomic E-state index is 14.2. The molecule has 3 fully saturated rings. The summed E-state index contributed by atoms with van der Waals surface area (Å²) in [5.41, 5.74) is 0.760. The summed E-state index contributed by atoms with van der Waals surface area (Å²) in [5, 5.41) is 26.4. The number of aliphatic imine (C=N–C) groups is 1. The lowest BCUT2D eigenvalue weighted by Crippen LogP contribution is -2.50. The third kappa shape index (κ3) is 5.94. The fraction of sp³-hybridized carbons (Fsp3) is 0.371. The monoisotopic (exact) mass is 796 g/mol. The van der Waals surface area contributed by atoms with Gasteiger partial charge < -0.3 is 10.0 Å². The van der Waals surface area contributed by atoms with E-state index in [0.29, 0.717) is 56.7 Å². The second kappa shape index (κ2) is 13.4. The van der Waals surface area contributed by atoms with Crippen LogP contribution in [0, 0.1) is 17.7 Å². The number of fused-ring (bicyclic) bond motifs is 3. The molecule has 9 rings (SSSR count). The van der Waals surface area contributed by atoms with Crippen LogP contribution in [0.2, 0.25) is 5.02 Å². The van der Waals surface area contributed by atoms with Crippen molar-refractivity contribution in [2.75, 3.05) is 6.54 Å². The number of thiazole rings is 1. The number of aliphatic hydroxyl groups is 1. The first kappa shape index (κ1) is 35.2. The number of amidine groups is 1. The number of halogens is 4. The van der Waals surface area contributed by atoms with Crippen molar-refractivity contribution in [2.45, 2.75) is 61.6 Å². The highest BCUT2D eigenvalue weighted by Crippen LogP contribution is 2.56. The molecule has 0 amide bonds. The van der Waals surface area contributed by atoms with Crippen molar-refractivity contribution in [1.29, 1.82) is 0 Å². The minimum atomic E-state index is -3.94. The number of alkyl halides is 2. The Morgan fingerprint density at radius 1 is 1.07 bits per heavy atom. The van der Waals surface area contributed by atoms with Crippen LogP contribution in [0.4, 0.5) is 13.2 Å². The highest BCUT2D eigenvalue weighted by atomic mass is 35.5. The number of sulfonamides is 1. The Hall–Kier alpha value is -4.49. The van der Waals surface area contributed by atoms with Crippen molar-refractivity contribution in [3.8, 4) is 5.82 Å². The maximum absolute atomic E-state index is 14.2. The molecule has 1 saturated heterocycles. The summed E-state index contributed by atoms with van der Waals surface area (Å²) in [6.45, 7) is -2.72. The molecule has 2 unspecified atom stereocenters. The van der Waals surface area contributed by atoms with Crippen molar-refractivity contribution < 1.29 is 26.7 Å². The molecule has 4 aliphatic rings. The molecular weight excluding hydrogens is 765 g/mol. The van der Waals surface area contributed by atoms with Gasteiger partial charge in [-0.2, -0.15) is 13.9 Å². The minimum Gasteiger partial charge on any atom is -0.383 e. The smallest absolute Gasteiger partial charge is 0.333 e. The van der Waals surface area contributed by atoms with Crippen molar-refractivity contribution >= 4 is 44.4 Å². The molecule has 5 aromatic rings. The fourth-order valence-electron chi connectivity index (χ4n) is 8.58. The summed E-state index contributed by atoms with van der Waals surface area (Å²) in [4.78, 5) is 15.7. The van der Waals surface area contributed by atoms with Gasteiger partial charge in [0.25, 0.3) is 0 Å². The van der Waals surface area contributed by atoms with Crippen LogP contribution in [0.25, 0.3) is 11.4 Å². The van der Waals surface area contributed by atoms with E-state index in [0.717, 1.165) is 12.3 Å². The highest BCUT2D eigenvalue weighted by molar-refractivity contribution is 7.90. The van der Waals surface area contributed by atoms with Gasteiger partial charge in [0.1, 0.15) is 23.2 Å². The minimum absolute atomic E-state index is 0.0866. The molecule has 280 valence electrons. The molecule has 4 atom stereocenters. The molecule has 1 aromatic carbocycles. The Bertz CT molecular complexity index is 2370. The third-order valence-electron chi connectivity index (χ3n) is 11.0. The van der Waals surface area contributed by atoms with Gasteiger partial charge in [-0.3, -0.25) is 4.99 Å². The summed E-state index contributed by atoms with van der Waals surface area (Å²) in [6.07, 6.45) is 8.00. The zero-order chi connectivity index (χ0) is 37.4. The SMILES string of the molecule is O=S(=O)(N[C@H]1CC2=C(c3ccn(C(F)F)n3)[C@H](c3ccc(F)cc3Cl)N=C(c3nccs3)N2C1)[C@H]1CC2CCC(C1)[C@]2(O)c1cn(-c2ccccn2)nn1. The van der Waals surface area contributed by atoms with Crippen LogP contribution in [-0.4, -0.2) is 76.8 Å². The normalized spacial score (nSPS) is 26.8. The number of pyridine rings is 1. The fourth-order valence-corrected chi connectivity index (χ4v) is 11.3. The Kier molecular flexibility index (Phi) is 8.72. The van der Waals surface area contributed by atoms with Crippen LogP contribution in [0.1, 0.15) is 66.7 Å². The quantitative estimate of drug-likeness (QED) is 0.197. The molecule has 0 spiro atoms. The average Bonchev–Trinajstić information content (AvgIpc) is 3.99. The van der Waals surface area contributed by atoms with Crippen molar-refractivity contribution in [3.63, 3.8) is 0 Å². The van der Waals surface area contributed by atoms with E-state index < -0.39 is 45.3 Å². The van der Waals surface area contributed by atoms with E-state index in [1.807, 2.05) is 11.0 Å². The average molecular weight is 797 g/mol. The lowest BCUT2D eigenvalue weighted by molar-refractivity contribution is -0.0683. The lowest BCUT2D eigenvalue weighted by atomic mass is 9.72. The van der Waals surface area contributed by atoms with Crippen molar-refractivity contribution in [2.24, 2.45) is 16.8 Å². The van der Waals surface area contributed by atoms with Gasteiger partial charge in [-0.1, -0.05) is 28.9 Å². The van der Waals surface area contributed by atoms with Crippen molar-refractivity contribution in [3.05, 3.63) is 111 Å².